The van der Waals surface area contributed by atoms with E-state index in [0.29, 0.717) is 0 Å². The zero-order chi connectivity index (χ0) is 16.8. The number of nitrogens with zero attached hydrogens (tertiary/aromatic N) is 1. The molecule has 0 radical (unpaired) electrons. The van der Waals surface area contributed by atoms with E-state index in [0.717, 1.165) is 4.31 Å². The molecule has 0 spiro atoms. The Hall–Kier alpha value is -1.68. The van der Waals surface area contributed by atoms with Gasteiger partial charge >= 0.3 is 12.0 Å². The second kappa shape index (κ2) is 7.36. The molecular weight excluding hydrogens is 302 g/mol. The number of rotatable bonds is 7. The van der Waals surface area contributed by atoms with E-state index in [4.69, 9.17) is 5.11 Å². The van der Waals surface area contributed by atoms with Crippen molar-refractivity contribution in [3.63, 3.8) is 0 Å². The van der Waals surface area contributed by atoms with Gasteiger partial charge in [0.1, 0.15) is 0 Å². The lowest BCUT2D eigenvalue weighted by Crippen LogP contribution is -2.44. The van der Waals surface area contributed by atoms with Crippen LogP contribution >= 0.6 is 0 Å². The molecule has 10 heteroatoms. The SMILES string of the molecule is CN(C)S(=O)(=O)CCNC(=O)NC(=O)CC(C)(C)C(=O)O. The summed E-state index contributed by atoms with van der Waals surface area (Å²) in [5.41, 5.74) is -1.29. The molecule has 9 nitrogen and oxygen atoms in total. The molecule has 0 saturated carbocycles. The third kappa shape index (κ3) is 7.04. The smallest absolute Gasteiger partial charge is 0.321 e. The summed E-state index contributed by atoms with van der Waals surface area (Å²) < 4.78 is 23.9. The summed E-state index contributed by atoms with van der Waals surface area (Å²) in [6.45, 7) is 2.55. The third-order valence-corrected chi connectivity index (χ3v) is 4.47. The van der Waals surface area contributed by atoms with E-state index in [9.17, 15) is 22.8 Å². The fourth-order valence-corrected chi connectivity index (χ4v) is 1.89. The van der Waals surface area contributed by atoms with Crippen molar-refractivity contribution in [3.8, 4) is 0 Å². The molecule has 3 N–H and O–H groups in total. The Morgan fingerprint density at radius 2 is 1.71 bits per heavy atom. The standard InChI is InChI=1S/C11H21N3O6S/c1-11(2,9(16)17)7-8(15)13-10(18)12-5-6-21(19,20)14(3)4/h5-7H2,1-4H3,(H,16,17)(H2,12,13,15,18). The molecule has 122 valence electrons. The molecule has 3 amide bonds. The molecule has 0 aliphatic heterocycles. The van der Waals surface area contributed by atoms with Gasteiger partial charge in [-0.15, -0.1) is 0 Å². The number of aliphatic carboxylic acids is 1. The van der Waals surface area contributed by atoms with Gasteiger partial charge < -0.3 is 10.4 Å². The first-order valence-corrected chi connectivity index (χ1v) is 7.70. The predicted octanol–water partition coefficient (Wildman–Crippen LogP) is -0.795. The van der Waals surface area contributed by atoms with Crippen LogP contribution in [-0.4, -0.2) is 62.1 Å². The highest BCUT2D eigenvalue weighted by Crippen LogP contribution is 2.19. The van der Waals surface area contributed by atoms with Crippen LogP contribution in [0.1, 0.15) is 20.3 Å². The lowest BCUT2D eigenvalue weighted by atomic mass is 9.89. The summed E-state index contributed by atoms with van der Waals surface area (Å²) in [7, 11) is -0.698. The van der Waals surface area contributed by atoms with Crippen LogP contribution in [0.2, 0.25) is 0 Å². The van der Waals surface area contributed by atoms with E-state index in [1.165, 1.54) is 27.9 Å². The number of sulfonamides is 1. The van der Waals surface area contributed by atoms with Gasteiger partial charge in [-0.3, -0.25) is 14.9 Å². The van der Waals surface area contributed by atoms with E-state index in [1.54, 1.807) is 0 Å². The van der Waals surface area contributed by atoms with Gasteiger partial charge in [0.2, 0.25) is 15.9 Å². The largest absolute Gasteiger partial charge is 0.481 e. The summed E-state index contributed by atoms with van der Waals surface area (Å²) >= 11 is 0. The van der Waals surface area contributed by atoms with Crippen LogP contribution in [0.4, 0.5) is 4.79 Å². The van der Waals surface area contributed by atoms with Gasteiger partial charge in [-0.25, -0.2) is 17.5 Å². The molecule has 21 heavy (non-hydrogen) atoms. The summed E-state index contributed by atoms with van der Waals surface area (Å²) in [5, 5.41) is 13.0. The zero-order valence-corrected chi connectivity index (χ0v) is 13.3. The Labute approximate surface area is 123 Å². The van der Waals surface area contributed by atoms with E-state index in [-0.39, 0.29) is 18.7 Å². The Morgan fingerprint density at radius 1 is 1.19 bits per heavy atom. The van der Waals surface area contributed by atoms with Gasteiger partial charge in [-0.2, -0.15) is 0 Å². The maximum Gasteiger partial charge on any atom is 0.321 e. The Bertz CT molecular complexity index is 512. The molecule has 0 bridgehead atoms. The van der Waals surface area contributed by atoms with E-state index in [2.05, 4.69) is 5.32 Å². The molecule has 0 aromatic heterocycles. The zero-order valence-electron chi connectivity index (χ0n) is 12.5. The Kier molecular flexibility index (Phi) is 6.77. The number of carbonyl (C=O) groups is 3. The van der Waals surface area contributed by atoms with Gasteiger partial charge in [-0.05, 0) is 13.8 Å². The van der Waals surface area contributed by atoms with Gasteiger partial charge in [0.25, 0.3) is 0 Å². The van der Waals surface area contributed by atoms with Gasteiger partial charge in [0.15, 0.2) is 0 Å². The van der Waals surface area contributed by atoms with Crippen molar-refractivity contribution in [3.05, 3.63) is 0 Å². The fourth-order valence-electron chi connectivity index (χ4n) is 1.17. The van der Waals surface area contributed by atoms with Crippen LogP contribution in [-0.2, 0) is 19.6 Å². The number of urea groups is 1. The molecule has 0 saturated heterocycles. The van der Waals surface area contributed by atoms with Crippen molar-refractivity contribution in [2.24, 2.45) is 5.41 Å². The average molecular weight is 323 g/mol. The van der Waals surface area contributed by atoms with Crippen molar-refractivity contribution < 1.29 is 27.9 Å². The van der Waals surface area contributed by atoms with E-state index >= 15 is 0 Å². The molecule has 0 aliphatic carbocycles. The number of carbonyl (C=O) groups excluding carboxylic acids is 2. The van der Waals surface area contributed by atoms with Crippen LogP contribution in [0, 0.1) is 5.41 Å². The minimum atomic E-state index is -3.43. The van der Waals surface area contributed by atoms with Crippen molar-refractivity contribution in [2.45, 2.75) is 20.3 Å². The second-order valence-electron chi connectivity index (χ2n) is 5.27. The van der Waals surface area contributed by atoms with Crippen molar-refractivity contribution in [1.29, 1.82) is 0 Å². The van der Waals surface area contributed by atoms with Crippen LogP contribution in [0.25, 0.3) is 0 Å². The molecule has 0 atom stereocenters. The monoisotopic (exact) mass is 323 g/mol. The number of nitrogens with one attached hydrogen (secondary N) is 2. The van der Waals surface area contributed by atoms with Crippen LogP contribution in [0.15, 0.2) is 0 Å². The Morgan fingerprint density at radius 3 is 2.14 bits per heavy atom. The molecule has 0 rings (SSSR count). The lowest BCUT2D eigenvalue weighted by Gasteiger charge is -2.18. The van der Waals surface area contributed by atoms with Crippen LogP contribution in [0.3, 0.4) is 0 Å². The number of imide groups is 1. The maximum absolute atomic E-state index is 11.5. The normalized spacial score (nSPS) is 12.0. The highest BCUT2D eigenvalue weighted by molar-refractivity contribution is 7.89. The predicted molar refractivity (Wildman–Crippen MR) is 75.0 cm³/mol. The molecule has 0 aliphatic rings. The summed E-state index contributed by atoms with van der Waals surface area (Å²) in [5.74, 6) is -2.21. The Balaban J connectivity index is 4.23. The number of amides is 3. The maximum atomic E-state index is 11.5. The molecule has 0 aromatic rings. The van der Waals surface area contributed by atoms with Crippen molar-refractivity contribution in [1.82, 2.24) is 14.9 Å². The number of carboxylic acids is 1. The first-order valence-electron chi connectivity index (χ1n) is 6.10. The topological polar surface area (TPSA) is 133 Å². The van der Waals surface area contributed by atoms with Crippen LogP contribution in [0.5, 0.6) is 0 Å². The van der Waals surface area contributed by atoms with Crippen LogP contribution < -0.4 is 10.6 Å². The molecule has 0 unspecified atom stereocenters. The third-order valence-electron chi connectivity index (χ3n) is 2.64. The summed E-state index contributed by atoms with van der Waals surface area (Å²) in [6.07, 6.45) is -0.369. The van der Waals surface area contributed by atoms with Gasteiger partial charge in [-0.1, -0.05) is 0 Å². The number of hydrogen-bond donors (Lipinski definition) is 3. The number of hydrogen-bond acceptors (Lipinski definition) is 5. The quantitative estimate of drug-likeness (QED) is 0.562. The first-order chi connectivity index (χ1) is 9.38. The summed E-state index contributed by atoms with van der Waals surface area (Å²) in [4.78, 5) is 33.7. The lowest BCUT2D eigenvalue weighted by molar-refractivity contribution is -0.149. The molecule has 0 heterocycles. The first kappa shape index (κ1) is 19.3. The van der Waals surface area contributed by atoms with Gasteiger partial charge in [0.05, 0.1) is 11.2 Å². The minimum Gasteiger partial charge on any atom is -0.481 e. The molecule has 0 fully saturated rings. The minimum absolute atomic E-state index is 0.165. The fraction of sp³-hybridized carbons (Fsp3) is 0.727. The van der Waals surface area contributed by atoms with E-state index in [1.807, 2.05) is 5.32 Å². The highest BCUT2D eigenvalue weighted by atomic mass is 32.2. The van der Waals surface area contributed by atoms with Crippen molar-refractivity contribution in [2.75, 3.05) is 26.4 Å². The molecule has 0 aromatic carbocycles. The second-order valence-corrected chi connectivity index (χ2v) is 7.57. The van der Waals surface area contributed by atoms with Crippen molar-refractivity contribution >= 4 is 27.9 Å². The highest BCUT2D eigenvalue weighted by Gasteiger charge is 2.30. The summed E-state index contributed by atoms with van der Waals surface area (Å²) in [6, 6.07) is -0.866. The average Bonchev–Trinajstić information content (AvgIpc) is 2.26. The molecular formula is C11H21N3O6S. The van der Waals surface area contributed by atoms with E-state index < -0.39 is 33.3 Å². The van der Waals surface area contributed by atoms with Gasteiger partial charge in [0, 0.05) is 27.1 Å². The number of carboxylic acid groups (broad SMARTS) is 1.